The molecule has 0 aliphatic carbocycles. The smallest absolute Gasteiger partial charge is 0.0663 e. The zero-order valence-electron chi connectivity index (χ0n) is 7.35. The van der Waals surface area contributed by atoms with E-state index in [1.807, 2.05) is 0 Å². The molecule has 1 aromatic rings. The Bertz CT molecular complexity index is 393. The minimum Gasteiger partial charge on any atom is -0.397 e. The van der Waals surface area contributed by atoms with E-state index < -0.39 is 0 Å². The van der Waals surface area contributed by atoms with E-state index in [0.29, 0.717) is 27.7 Å². The van der Waals surface area contributed by atoms with Crippen LogP contribution in [0.4, 0.5) is 5.69 Å². The van der Waals surface area contributed by atoms with Gasteiger partial charge in [0.25, 0.3) is 0 Å². The molecule has 1 aromatic carbocycles. The molecule has 0 aromatic heterocycles. The summed E-state index contributed by atoms with van der Waals surface area (Å²) in [6, 6.07) is 3.21. The van der Waals surface area contributed by atoms with E-state index in [2.05, 4.69) is 11.8 Å². The van der Waals surface area contributed by atoms with Crippen LogP contribution in [0.15, 0.2) is 12.1 Å². The third-order valence-electron chi connectivity index (χ3n) is 1.55. The quantitative estimate of drug-likeness (QED) is 0.574. The van der Waals surface area contributed by atoms with E-state index >= 15 is 0 Å². The number of hydrogen-bond donors (Lipinski definition) is 2. The predicted molar refractivity (Wildman–Crippen MR) is 59.5 cm³/mol. The van der Waals surface area contributed by atoms with Gasteiger partial charge in [-0.25, -0.2) is 0 Å². The molecular weight excluding hydrogens is 221 g/mol. The van der Waals surface area contributed by atoms with Crippen molar-refractivity contribution in [3.8, 4) is 11.8 Å². The lowest BCUT2D eigenvalue weighted by atomic mass is 10.2. The maximum Gasteiger partial charge on any atom is 0.0663 e. The van der Waals surface area contributed by atoms with Crippen LogP contribution in [0.1, 0.15) is 12.0 Å². The molecule has 0 fully saturated rings. The molecule has 0 spiro atoms. The summed E-state index contributed by atoms with van der Waals surface area (Å²) in [4.78, 5) is 0. The highest BCUT2D eigenvalue weighted by Crippen LogP contribution is 2.26. The van der Waals surface area contributed by atoms with Crippen LogP contribution in [0.5, 0.6) is 0 Å². The van der Waals surface area contributed by atoms with Crippen molar-refractivity contribution in [1.82, 2.24) is 0 Å². The molecule has 0 saturated carbocycles. The van der Waals surface area contributed by atoms with Gasteiger partial charge in [0.2, 0.25) is 0 Å². The second kappa shape index (κ2) is 5.11. The van der Waals surface area contributed by atoms with Gasteiger partial charge in [-0.1, -0.05) is 35.0 Å². The average molecular weight is 230 g/mol. The maximum atomic E-state index is 8.54. The molecule has 0 aliphatic rings. The molecule has 0 heterocycles. The first kappa shape index (κ1) is 11.2. The largest absolute Gasteiger partial charge is 0.397 e. The molecule has 0 aliphatic heterocycles. The third kappa shape index (κ3) is 2.81. The molecular formula is C10H9Cl2NO. The van der Waals surface area contributed by atoms with Crippen molar-refractivity contribution in [2.75, 3.05) is 12.3 Å². The second-order valence-electron chi connectivity index (χ2n) is 2.62. The minimum atomic E-state index is 0.0290. The molecule has 3 N–H and O–H groups in total. The van der Waals surface area contributed by atoms with Gasteiger partial charge in [0.15, 0.2) is 0 Å². The van der Waals surface area contributed by atoms with Crippen molar-refractivity contribution in [2.24, 2.45) is 0 Å². The van der Waals surface area contributed by atoms with Gasteiger partial charge in [-0.2, -0.15) is 0 Å². The highest BCUT2D eigenvalue weighted by molar-refractivity contribution is 6.36. The van der Waals surface area contributed by atoms with Crippen LogP contribution < -0.4 is 5.73 Å². The van der Waals surface area contributed by atoms with Gasteiger partial charge in [-0.05, 0) is 12.1 Å². The summed E-state index contributed by atoms with van der Waals surface area (Å²) in [5.41, 5.74) is 6.69. The Morgan fingerprint density at radius 2 is 2.07 bits per heavy atom. The van der Waals surface area contributed by atoms with E-state index in [4.69, 9.17) is 34.0 Å². The van der Waals surface area contributed by atoms with Gasteiger partial charge >= 0.3 is 0 Å². The van der Waals surface area contributed by atoms with Crippen molar-refractivity contribution in [2.45, 2.75) is 6.42 Å². The Morgan fingerprint density at radius 1 is 1.36 bits per heavy atom. The lowest BCUT2D eigenvalue weighted by molar-refractivity contribution is 0.305. The molecule has 14 heavy (non-hydrogen) atoms. The summed E-state index contributed by atoms with van der Waals surface area (Å²) in [7, 11) is 0. The molecule has 1 rings (SSSR count). The monoisotopic (exact) mass is 229 g/mol. The number of nitrogens with two attached hydrogens (primary N) is 1. The fourth-order valence-electron chi connectivity index (χ4n) is 0.902. The fourth-order valence-corrected chi connectivity index (χ4v) is 1.40. The number of rotatable bonds is 1. The van der Waals surface area contributed by atoms with Crippen molar-refractivity contribution >= 4 is 28.9 Å². The van der Waals surface area contributed by atoms with Crippen LogP contribution >= 0.6 is 23.2 Å². The first-order valence-corrected chi connectivity index (χ1v) is 4.75. The highest BCUT2D eigenvalue weighted by Gasteiger charge is 2.02. The van der Waals surface area contributed by atoms with Gasteiger partial charge in [0, 0.05) is 11.4 Å². The number of aliphatic hydroxyl groups is 1. The Balaban J connectivity index is 3.04. The summed E-state index contributed by atoms with van der Waals surface area (Å²) in [5, 5.41) is 9.43. The summed E-state index contributed by atoms with van der Waals surface area (Å²) < 4.78 is 0. The predicted octanol–water partition coefficient (Wildman–Crippen LogP) is 2.31. The lowest BCUT2D eigenvalue weighted by Crippen LogP contribution is -1.91. The van der Waals surface area contributed by atoms with Crippen LogP contribution in [0.25, 0.3) is 0 Å². The Morgan fingerprint density at radius 3 is 2.71 bits per heavy atom. The van der Waals surface area contributed by atoms with Crippen molar-refractivity contribution in [3.05, 3.63) is 27.7 Å². The van der Waals surface area contributed by atoms with Crippen LogP contribution in [0.3, 0.4) is 0 Å². The van der Waals surface area contributed by atoms with Gasteiger partial charge in [0.05, 0.1) is 22.9 Å². The third-order valence-corrected chi connectivity index (χ3v) is 2.09. The number of halogens is 2. The number of nitrogen functional groups attached to an aromatic ring is 1. The summed E-state index contributed by atoms with van der Waals surface area (Å²) >= 11 is 11.6. The normalized spacial score (nSPS) is 9.36. The van der Waals surface area contributed by atoms with E-state index in [9.17, 15) is 0 Å². The van der Waals surface area contributed by atoms with Crippen molar-refractivity contribution in [3.63, 3.8) is 0 Å². The topological polar surface area (TPSA) is 46.2 Å². The van der Waals surface area contributed by atoms with E-state index in [-0.39, 0.29) is 6.61 Å². The van der Waals surface area contributed by atoms with Gasteiger partial charge in [-0.3, -0.25) is 0 Å². The van der Waals surface area contributed by atoms with E-state index in [1.54, 1.807) is 12.1 Å². The molecule has 0 amide bonds. The Labute approximate surface area is 92.6 Å². The highest BCUT2D eigenvalue weighted by atomic mass is 35.5. The molecule has 0 unspecified atom stereocenters. The maximum absolute atomic E-state index is 8.54. The molecule has 0 radical (unpaired) electrons. The van der Waals surface area contributed by atoms with Crippen LogP contribution in [0, 0.1) is 11.8 Å². The Hall–Kier alpha value is -0.880. The lowest BCUT2D eigenvalue weighted by Gasteiger charge is -2.01. The minimum absolute atomic E-state index is 0.0290. The first-order valence-electron chi connectivity index (χ1n) is 3.99. The molecule has 74 valence electrons. The summed E-state index contributed by atoms with van der Waals surface area (Å²) in [6.45, 7) is 0.0290. The number of anilines is 1. The zero-order chi connectivity index (χ0) is 10.6. The summed E-state index contributed by atoms with van der Waals surface area (Å²) in [6.07, 6.45) is 0.406. The number of aliphatic hydroxyl groups excluding tert-OH is 1. The molecule has 2 nitrogen and oxygen atoms in total. The fraction of sp³-hybridized carbons (Fsp3) is 0.200. The number of hydrogen-bond acceptors (Lipinski definition) is 2. The van der Waals surface area contributed by atoms with Crippen LogP contribution in [-0.2, 0) is 0 Å². The first-order chi connectivity index (χ1) is 6.65. The van der Waals surface area contributed by atoms with E-state index in [0.717, 1.165) is 0 Å². The van der Waals surface area contributed by atoms with E-state index in [1.165, 1.54) is 0 Å². The average Bonchev–Trinajstić information content (AvgIpc) is 2.13. The second-order valence-corrected chi connectivity index (χ2v) is 3.47. The number of benzene rings is 1. The molecule has 0 atom stereocenters. The molecule has 0 bridgehead atoms. The van der Waals surface area contributed by atoms with Gasteiger partial charge in [0.1, 0.15) is 0 Å². The van der Waals surface area contributed by atoms with Crippen molar-refractivity contribution < 1.29 is 5.11 Å². The SMILES string of the molecule is Nc1c(Cl)cc(Cl)cc1C#CCCO. The molecule has 0 saturated heterocycles. The van der Waals surface area contributed by atoms with Crippen LogP contribution in [0.2, 0.25) is 10.0 Å². The zero-order valence-corrected chi connectivity index (χ0v) is 8.86. The Kier molecular flexibility index (Phi) is 4.09. The summed E-state index contributed by atoms with van der Waals surface area (Å²) in [5.74, 6) is 5.54. The standard InChI is InChI=1S/C10H9Cl2NO/c11-8-5-7(3-1-2-4-14)10(13)9(12)6-8/h5-6,14H,2,4,13H2. The van der Waals surface area contributed by atoms with Gasteiger partial charge < -0.3 is 10.8 Å². The van der Waals surface area contributed by atoms with Crippen molar-refractivity contribution in [1.29, 1.82) is 0 Å². The van der Waals surface area contributed by atoms with Crippen LogP contribution in [-0.4, -0.2) is 11.7 Å². The van der Waals surface area contributed by atoms with Gasteiger partial charge in [-0.15, -0.1) is 0 Å². The molecule has 4 heteroatoms.